The molecular weight excluding hydrogens is 276 g/mol. The van der Waals surface area contributed by atoms with Crippen molar-refractivity contribution in [1.82, 2.24) is 9.88 Å². The smallest absolute Gasteiger partial charge is 0.318 e. The summed E-state index contributed by atoms with van der Waals surface area (Å²) < 4.78 is 4.67. The number of amides is 1. The summed E-state index contributed by atoms with van der Waals surface area (Å²) in [6.07, 6.45) is 3.72. The molecule has 1 aliphatic rings. The molecule has 1 aliphatic heterocycles. The van der Waals surface area contributed by atoms with Crippen LogP contribution in [0.3, 0.4) is 0 Å². The van der Waals surface area contributed by atoms with Crippen LogP contribution in [-0.2, 0) is 9.53 Å². The van der Waals surface area contributed by atoms with Crippen molar-refractivity contribution in [3.8, 4) is 0 Å². The summed E-state index contributed by atoms with van der Waals surface area (Å²) in [5.74, 6) is -0.249. The van der Waals surface area contributed by atoms with Gasteiger partial charge in [-0.15, -0.1) is 0 Å². The van der Waals surface area contributed by atoms with Gasteiger partial charge in [-0.3, -0.25) is 9.59 Å². The highest BCUT2D eigenvalue weighted by atomic mass is 32.2. The van der Waals surface area contributed by atoms with Crippen LogP contribution in [0.15, 0.2) is 23.4 Å². The summed E-state index contributed by atoms with van der Waals surface area (Å²) in [5, 5.41) is 0.397. The highest BCUT2D eigenvalue weighted by Gasteiger charge is 2.20. The van der Waals surface area contributed by atoms with Crippen molar-refractivity contribution in [2.75, 3.05) is 20.2 Å². The Bertz CT molecular complexity index is 484. The molecule has 1 atom stereocenters. The van der Waals surface area contributed by atoms with E-state index in [0.717, 1.165) is 25.9 Å². The first kappa shape index (κ1) is 14.8. The number of thioether (sulfide) groups is 1. The molecule has 1 aromatic heterocycles. The third kappa shape index (κ3) is 3.50. The second kappa shape index (κ2) is 6.74. The molecule has 2 rings (SSSR count). The molecule has 0 bridgehead atoms. The minimum Gasteiger partial charge on any atom is -0.468 e. The van der Waals surface area contributed by atoms with Gasteiger partial charge >= 0.3 is 5.97 Å². The number of esters is 1. The lowest BCUT2D eigenvalue weighted by atomic mass is 10.2. The number of ether oxygens (including phenoxy) is 1. The fourth-order valence-electron chi connectivity index (χ4n) is 2.07. The maximum atomic E-state index is 12.1. The summed E-state index contributed by atoms with van der Waals surface area (Å²) in [6.45, 7) is 3.42. The average molecular weight is 294 g/mol. The largest absolute Gasteiger partial charge is 0.468 e. The molecule has 108 valence electrons. The van der Waals surface area contributed by atoms with Gasteiger partial charge in [0.15, 0.2) is 0 Å². The maximum absolute atomic E-state index is 12.1. The van der Waals surface area contributed by atoms with Crippen LogP contribution in [0.2, 0.25) is 0 Å². The van der Waals surface area contributed by atoms with Gasteiger partial charge in [0.2, 0.25) is 0 Å². The van der Waals surface area contributed by atoms with E-state index >= 15 is 0 Å². The number of hydrogen-bond donors (Lipinski definition) is 0. The summed E-state index contributed by atoms with van der Waals surface area (Å²) in [7, 11) is 1.37. The number of likely N-dealkylation sites (tertiary alicyclic amines) is 1. The van der Waals surface area contributed by atoms with Crippen LogP contribution in [0.1, 0.15) is 30.1 Å². The highest BCUT2D eigenvalue weighted by Crippen LogP contribution is 2.22. The molecule has 0 radical (unpaired) electrons. The van der Waals surface area contributed by atoms with Gasteiger partial charge in [-0.2, -0.15) is 0 Å². The zero-order valence-electron chi connectivity index (χ0n) is 11.7. The lowest BCUT2D eigenvalue weighted by molar-refractivity contribution is -0.139. The van der Waals surface area contributed by atoms with Crippen LogP contribution in [0.25, 0.3) is 0 Å². The first-order chi connectivity index (χ1) is 9.61. The molecule has 1 aromatic rings. The molecule has 0 spiro atoms. The molecule has 0 N–H and O–H groups in total. The zero-order chi connectivity index (χ0) is 14.5. The molecule has 1 saturated heterocycles. The first-order valence-corrected chi connectivity index (χ1v) is 7.49. The number of aromatic nitrogens is 1. The van der Waals surface area contributed by atoms with E-state index in [1.807, 2.05) is 4.90 Å². The third-order valence-corrected chi connectivity index (χ3v) is 4.24. The third-order valence-electron chi connectivity index (χ3n) is 3.21. The van der Waals surface area contributed by atoms with E-state index in [1.165, 1.54) is 18.9 Å². The van der Waals surface area contributed by atoms with Gasteiger partial charge in [-0.25, -0.2) is 4.98 Å². The van der Waals surface area contributed by atoms with E-state index < -0.39 is 0 Å². The summed E-state index contributed by atoms with van der Waals surface area (Å²) in [6, 6.07) is 3.54. The fourth-order valence-corrected chi connectivity index (χ4v) is 2.89. The molecule has 1 unspecified atom stereocenters. The zero-order valence-corrected chi connectivity index (χ0v) is 12.5. The molecular formula is C14H18N2O3S. The van der Waals surface area contributed by atoms with Crippen molar-refractivity contribution < 1.29 is 14.3 Å². The van der Waals surface area contributed by atoms with Gasteiger partial charge in [0.05, 0.1) is 17.7 Å². The second-order valence-corrected chi connectivity index (χ2v) is 6.03. The second-order valence-electron chi connectivity index (χ2n) is 4.67. The van der Waals surface area contributed by atoms with Crippen molar-refractivity contribution in [3.05, 3.63) is 23.9 Å². The molecule has 0 aromatic carbocycles. The van der Waals surface area contributed by atoms with E-state index in [9.17, 15) is 9.59 Å². The van der Waals surface area contributed by atoms with Gasteiger partial charge in [0.25, 0.3) is 5.91 Å². The van der Waals surface area contributed by atoms with Crippen molar-refractivity contribution in [2.24, 2.45) is 0 Å². The molecule has 1 fully saturated rings. The normalized spacial score (nSPS) is 16.0. The van der Waals surface area contributed by atoms with Crippen molar-refractivity contribution in [1.29, 1.82) is 0 Å². The van der Waals surface area contributed by atoms with Crippen LogP contribution in [-0.4, -0.2) is 47.2 Å². The van der Waals surface area contributed by atoms with Crippen LogP contribution >= 0.6 is 11.8 Å². The molecule has 0 aliphatic carbocycles. The van der Waals surface area contributed by atoms with Gasteiger partial charge in [0, 0.05) is 19.3 Å². The predicted molar refractivity (Wildman–Crippen MR) is 76.7 cm³/mol. The van der Waals surface area contributed by atoms with Crippen LogP contribution in [0.5, 0.6) is 0 Å². The SMILES string of the molecule is COC(=O)C(C)Sc1ccc(C(=O)N2CCCC2)cn1. The number of pyridine rings is 1. The Hall–Kier alpha value is -1.56. The molecule has 2 heterocycles. The number of nitrogens with zero attached hydrogens (tertiary/aromatic N) is 2. The monoisotopic (exact) mass is 294 g/mol. The van der Waals surface area contributed by atoms with Gasteiger partial charge in [-0.1, -0.05) is 11.8 Å². The maximum Gasteiger partial charge on any atom is 0.318 e. The Morgan fingerprint density at radius 1 is 1.35 bits per heavy atom. The van der Waals surface area contributed by atoms with E-state index in [0.29, 0.717) is 10.6 Å². The van der Waals surface area contributed by atoms with Gasteiger partial charge < -0.3 is 9.64 Å². The Labute approximate surface area is 122 Å². The number of carbonyl (C=O) groups excluding carboxylic acids is 2. The molecule has 0 saturated carbocycles. The van der Waals surface area contributed by atoms with Crippen LogP contribution in [0.4, 0.5) is 0 Å². The number of methoxy groups -OCH3 is 1. The summed E-state index contributed by atoms with van der Waals surface area (Å²) in [5.41, 5.74) is 0.599. The molecule has 6 heteroatoms. The van der Waals surface area contributed by atoms with Crippen molar-refractivity contribution in [2.45, 2.75) is 30.0 Å². The van der Waals surface area contributed by atoms with Crippen LogP contribution in [0, 0.1) is 0 Å². The van der Waals surface area contributed by atoms with Gasteiger partial charge in [-0.05, 0) is 31.9 Å². The molecule has 1 amide bonds. The Balaban J connectivity index is 1.99. The Morgan fingerprint density at radius 2 is 2.05 bits per heavy atom. The first-order valence-electron chi connectivity index (χ1n) is 6.61. The van der Waals surface area contributed by atoms with E-state index in [2.05, 4.69) is 9.72 Å². The number of rotatable bonds is 4. The number of hydrogen-bond acceptors (Lipinski definition) is 5. The van der Waals surface area contributed by atoms with E-state index in [4.69, 9.17) is 0 Å². The Kier molecular flexibility index (Phi) is 5.00. The standard InChI is InChI=1S/C14H18N2O3S/c1-10(14(18)19-2)20-12-6-5-11(9-15-12)13(17)16-7-3-4-8-16/h5-6,9-10H,3-4,7-8H2,1-2H3. The number of carbonyl (C=O) groups is 2. The Morgan fingerprint density at radius 3 is 2.60 bits per heavy atom. The van der Waals surface area contributed by atoms with Crippen molar-refractivity contribution >= 4 is 23.6 Å². The molecule has 20 heavy (non-hydrogen) atoms. The van der Waals surface area contributed by atoms with E-state index in [1.54, 1.807) is 25.3 Å². The van der Waals surface area contributed by atoms with Gasteiger partial charge in [0.1, 0.15) is 5.25 Å². The predicted octanol–water partition coefficient (Wildman–Crippen LogP) is 1.97. The summed E-state index contributed by atoms with van der Waals surface area (Å²) >= 11 is 1.32. The lowest BCUT2D eigenvalue weighted by Gasteiger charge is -2.15. The quantitative estimate of drug-likeness (QED) is 0.627. The molecule has 5 nitrogen and oxygen atoms in total. The fraction of sp³-hybridized carbons (Fsp3) is 0.500. The lowest BCUT2D eigenvalue weighted by Crippen LogP contribution is -2.27. The minimum absolute atomic E-state index is 0.0348. The van der Waals surface area contributed by atoms with E-state index in [-0.39, 0.29) is 17.1 Å². The highest BCUT2D eigenvalue weighted by molar-refractivity contribution is 8.00. The topological polar surface area (TPSA) is 59.5 Å². The minimum atomic E-state index is -0.312. The van der Waals surface area contributed by atoms with Crippen molar-refractivity contribution in [3.63, 3.8) is 0 Å². The average Bonchev–Trinajstić information content (AvgIpc) is 3.00. The van der Waals surface area contributed by atoms with Crippen LogP contribution < -0.4 is 0 Å². The summed E-state index contributed by atoms with van der Waals surface area (Å²) in [4.78, 5) is 29.6.